The van der Waals surface area contributed by atoms with Gasteiger partial charge in [-0.2, -0.15) is 5.10 Å². The number of hydrogen-bond acceptors (Lipinski definition) is 2. The van der Waals surface area contributed by atoms with E-state index in [1.54, 1.807) is 6.20 Å². The molecule has 1 aromatic heterocycles. The molecule has 0 aliphatic heterocycles. The summed E-state index contributed by atoms with van der Waals surface area (Å²) < 4.78 is 1.87. The van der Waals surface area contributed by atoms with Gasteiger partial charge in [0.05, 0.1) is 5.69 Å². The molecule has 0 aliphatic rings. The van der Waals surface area contributed by atoms with Crippen molar-refractivity contribution in [3.05, 3.63) is 42.7 Å². The quantitative estimate of drug-likeness (QED) is 0.852. The van der Waals surface area contributed by atoms with Gasteiger partial charge in [0.25, 0.3) is 0 Å². The minimum Gasteiger partial charge on any atom is -0.385 e. The molecule has 3 nitrogen and oxygen atoms in total. The van der Waals surface area contributed by atoms with Crippen LogP contribution in [0.5, 0.6) is 0 Å². The molecular weight excluding hydrogens is 210 g/mol. The third-order valence-corrected chi connectivity index (χ3v) is 2.67. The van der Waals surface area contributed by atoms with Gasteiger partial charge in [-0.1, -0.05) is 19.9 Å². The minimum absolute atomic E-state index is 0.733. The molecule has 1 aromatic carbocycles. The van der Waals surface area contributed by atoms with E-state index in [0.717, 1.165) is 23.8 Å². The highest BCUT2D eigenvalue weighted by Crippen LogP contribution is 2.14. The Hall–Kier alpha value is -1.77. The van der Waals surface area contributed by atoms with Gasteiger partial charge in [0, 0.05) is 24.6 Å². The first-order valence-corrected chi connectivity index (χ1v) is 6.09. The van der Waals surface area contributed by atoms with Gasteiger partial charge in [-0.25, -0.2) is 4.68 Å². The molecule has 0 spiro atoms. The van der Waals surface area contributed by atoms with Gasteiger partial charge in [-0.05, 0) is 36.6 Å². The maximum absolute atomic E-state index is 4.22. The third kappa shape index (κ3) is 3.34. The van der Waals surface area contributed by atoms with E-state index in [-0.39, 0.29) is 0 Å². The van der Waals surface area contributed by atoms with Crippen molar-refractivity contribution < 1.29 is 0 Å². The second-order valence-electron chi connectivity index (χ2n) is 4.61. The average molecular weight is 229 g/mol. The molecule has 0 saturated carbocycles. The molecule has 0 saturated heterocycles. The SMILES string of the molecule is CC(C)CCNc1cccc(-n2cccn2)c1. The van der Waals surface area contributed by atoms with Crippen molar-refractivity contribution in [3.63, 3.8) is 0 Å². The lowest BCUT2D eigenvalue weighted by Gasteiger charge is -2.09. The summed E-state index contributed by atoms with van der Waals surface area (Å²) in [7, 11) is 0. The van der Waals surface area contributed by atoms with E-state index in [9.17, 15) is 0 Å². The minimum atomic E-state index is 0.733. The van der Waals surface area contributed by atoms with Crippen molar-refractivity contribution in [1.82, 2.24) is 9.78 Å². The molecule has 17 heavy (non-hydrogen) atoms. The molecule has 0 unspecified atom stereocenters. The average Bonchev–Trinajstić information content (AvgIpc) is 2.82. The number of rotatable bonds is 5. The molecule has 90 valence electrons. The Bertz CT molecular complexity index is 446. The van der Waals surface area contributed by atoms with Crippen LogP contribution in [-0.4, -0.2) is 16.3 Å². The molecule has 0 bridgehead atoms. The van der Waals surface area contributed by atoms with E-state index in [2.05, 4.69) is 48.5 Å². The molecule has 0 amide bonds. The highest BCUT2D eigenvalue weighted by atomic mass is 15.3. The van der Waals surface area contributed by atoms with Gasteiger partial charge in [0.15, 0.2) is 0 Å². The first kappa shape index (κ1) is 11.7. The lowest BCUT2D eigenvalue weighted by Crippen LogP contribution is -2.05. The van der Waals surface area contributed by atoms with Gasteiger partial charge < -0.3 is 5.32 Å². The Labute approximate surface area is 102 Å². The van der Waals surface area contributed by atoms with E-state index in [4.69, 9.17) is 0 Å². The zero-order valence-electron chi connectivity index (χ0n) is 10.4. The number of hydrogen-bond donors (Lipinski definition) is 1. The second-order valence-corrected chi connectivity index (χ2v) is 4.61. The Morgan fingerprint density at radius 1 is 1.29 bits per heavy atom. The molecule has 0 radical (unpaired) electrons. The number of anilines is 1. The van der Waals surface area contributed by atoms with Gasteiger partial charge in [-0.3, -0.25) is 0 Å². The monoisotopic (exact) mass is 229 g/mol. The summed E-state index contributed by atoms with van der Waals surface area (Å²) in [6.45, 7) is 5.49. The van der Waals surface area contributed by atoms with Crippen molar-refractivity contribution in [2.24, 2.45) is 5.92 Å². The van der Waals surface area contributed by atoms with Gasteiger partial charge in [0.1, 0.15) is 0 Å². The summed E-state index contributed by atoms with van der Waals surface area (Å²) in [6.07, 6.45) is 4.93. The Balaban J connectivity index is 2.02. The van der Waals surface area contributed by atoms with Crippen molar-refractivity contribution in [2.45, 2.75) is 20.3 Å². The summed E-state index contributed by atoms with van der Waals surface area (Å²) in [4.78, 5) is 0. The van der Waals surface area contributed by atoms with E-state index in [1.807, 2.05) is 16.9 Å². The molecule has 3 heteroatoms. The molecule has 0 atom stereocenters. The fourth-order valence-electron chi connectivity index (χ4n) is 1.69. The zero-order chi connectivity index (χ0) is 12.1. The largest absolute Gasteiger partial charge is 0.385 e. The lowest BCUT2D eigenvalue weighted by molar-refractivity contribution is 0.607. The van der Waals surface area contributed by atoms with Crippen LogP contribution in [0.3, 0.4) is 0 Å². The van der Waals surface area contributed by atoms with E-state index >= 15 is 0 Å². The van der Waals surface area contributed by atoms with Crippen LogP contribution in [0.25, 0.3) is 5.69 Å². The lowest BCUT2D eigenvalue weighted by atomic mass is 10.1. The fraction of sp³-hybridized carbons (Fsp3) is 0.357. The number of nitrogens with zero attached hydrogens (tertiary/aromatic N) is 2. The molecule has 1 N–H and O–H groups in total. The first-order valence-electron chi connectivity index (χ1n) is 6.09. The third-order valence-electron chi connectivity index (χ3n) is 2.67. The number of aromatic nitrogens is 2. The summed E-state index contributed by atoms with van der Waals surface area (Å²) >= 11 is 0. The molecular formula is C14H19N3. The molecule has 2 rings (SSSR count). The predicted molar refractivity (Wildman–Crippen MR) is 71.5 cm³/mol. The maximum atomic E-state index is 4.22. The smallest absolute Gasteiger partial charge is 0.0666 e. The normalized spacial score (nSPS) is 10.8. The molecule has 2 aromatic rings. The van der Waals surface area contributed by atoms with Crippen LogP contribution in [-0.2, 0) is 0 Å². The summed E-state index contributed by atoms with van der Waals surface area (Å²) in [5, 5.41) is 7.66. The van der Waals surface area contributed by atoms with Crippen LogP contribution in [0, 0.1) is 5.92 Å². The Morgan fingerprint density at radius 3 is 2.88 bits per heavy atom. The van der Waals surface area contributed by atoms with Crippen molar-refractivity contribution >= 4 is 5.69 Å². The number of benzene rings is 1. The van der Waals surface area contributed by atoms with Crippen LogP contribution in [0.4, 0.5) is 5.69 Å². The Morgan fingerprint density at radius 2 is 2.18 bits per heavy atom. The van der Waals surface area contributed by atoms with Crippen LogP contribution in [0.1, 0.15) is 20.3 Å². The first-order chi connectivity index (χ1) is 8.25. The molecule has 0 aliphatic carbocycles. The van der Waals surface area contributed by atoms with E-state index in [1.165, 1.54) is 6.42 Å². The van der Waals surface area contributed by atoms with Crippen molar-refractivity contribution in [2.75, 3.05) is 11.9 Å². The summed E-state index contributed by atoms with van der Waals surface area (Å²) in [5.74, 6) is 0.733. The zero-order valence-corrected chi connectivity index (χ0v) is 10.4. The van der Waals surface area contributed by atoms with E-state index in [0.29, 0.717) is 0 Å². The predicted octanol–water partition coefficient (Wildman–Crippen LogP) is 3.33. The standard InChI is InChI=1S/C14H19N3/c1-12(2)7-9-15-13-5-3-6-14(11-13)17-10-4-8-16-17/h3-6,8,10-12,15H,7,9H2,1-2H3. The topological polar surface area (TPSA) is 29.9 Å². The second kappa shape index (κ2) is 5.53. The van der Waals surface area contributed by atoms with Crippen LogP contribution in [0.15, 0.2) is 42.7 Å². The van der Waals surface area contributed by atoms with Crippen LogP contribution in [0.2, 0.25) is 0 Å². The summed E-state index contributed by atoms with van der Waals surface area (Å²) in [6, 6.07) is 10.2. The highest BCUT2D eigenvalue weighted by Gasteiger charge is 1.98. The maximum Gasteiger partial charge on any atom is 0.0666 e. The Kier molecular flexibility index (Phi) is 3.81. The van der Waals surface area contributed by atoms with Crippen LogP contribution >= 0.6 is 0 Å². The molecule has 0 fully saturated rings. The van der Waals surface area contributed by atoms with Gasteiger partial charge in [0.2, 0.25) is 0 Å². The van der Waals surface area contributed by atoms with Crippen molar-refractivity contribution in [1.29, 1.82) is 0 Å². The number of nitrogens with one attached hydrogen (secondary N) is 1. The van der Waals surface area contributed by atoms with Gasteiger partial charge in [-0.15, -0.1) is 0 Å². The fourth-order valence-corrected chi connectivity index (χ4v) is 1.69. The highest BCUT2D eigenvalue weighted by molar-refractivity contribution is 5.50. The van der Waals surface area contributed by atoms with Crippen LogP contribution < -0.4 is 5.32 Å². The van der Waals surface area contributed by atoms with Crippen molar-refractivity contribution in [3.8, 4) is 5.69 Å². The molecule has 1 heterocycles. The van der Waals surface area contributed by atoms with Gasteiger partial charge >= 0.3 is 0 Å². The van der Waals surface area contributed by atoms with E-state index < -0.39 is 0 Å². The summed E-state index contributed by atoms with van der Waals surface area (Å²) in [5.41, 5.74) is 2.24.